The molecule has 0 saturated heterocycles. The molecule has 9 heterocycles. The summed E-state index contributed by atoms with van der Waals surface area (Å²) in [6.07, 6.45) is 0. The van der Waals surface area contributed by atoms with Crippen molar-refractivity contribution in [2.24, 2.45) is 0 Å². The molecule has 0 fully saturated rings. The molecule has 12 heteroatoms. The Morgan fingerprint density at radius 3 is 0.757 bits per heavy atom. The van der Waals surface area contributed by atoms with E-state index < -0.39 is 18.1 Å². The number of thiophene rings is 3. The second kappa shape index (κ2) is 33.8. The number of hydrogen-bond donors (Lipinski definition) is 0. The Bertz CT molecular complexity index is 11000. The SMILES string of the molecule is [2H]c1c([2H])c([2H])c(-c2nc(-c3ccc(-n4c5ccccc5c5c6c7ccccc7sc6c6ccccc6c54)cc3)nc3ccccc23)c([2H])c1[2H].c1ccc(-c2ccc(-c3nc(-c4ccc(-n5c6ccccc6c6c7c8ccccc8sc7c7ccccc7c65)cc4)nc4ccccc34)cc2)cc1.c1ccc(-c2nc(-c3ccc(-n4c5ccccc5c5c6c7ccccc7sc6c6ccccc6c54)cc3)nc3ccccc23)cc1. The van der Waals surface area contributed by atoms with Gasteiger partial charge in [-0.3, -0.25) is 0 Å². The van der Waals surface area contributed by atoms with Crippen molar-refractivity contribution in [3.8, 4) is 96.1 Å². The first-order valence-corrected chi connectivity index (χ1v) is 50.7. The molecule has 0 N–H and O–H groups in total. The van der Waals surface area contributed by atoms with Crippen LogP contribution in [0.3, 0.4) is 0 Å². The van der Waals surface area contributed by atoms with Crippen LogP contribution in [0.15, 0.2) is 479 Å². The van der Waals surface area contributed by atoms with Crippen LogP contribution >= 0.6 is 34.0 Å². The van der Waals surface area contributed by atoms with Gasteiger partial charge in [0, 0.05) is 192 Å². The molecule has 9 aromatic heterocycles. The van der Waals surface area contributed by atoms with Gasteiger partial charge in [-0.25, -0.2) is 29.9 Å². The summed E-state index contributed by atoms with van der Waals surface area (Å²) in [5.41, 5.74) is 22.3. The molecular formula is C132H79N9S3. The van der Waals surface area contributed by atoms with E-state index in [0.29, 0.717) is 28.2 Å². The summed E-state index contributed by atoms with van der Waals surface area (Å²) in [6.45, 7) is 0. The topological polar surface area (TPSA) is 92.1 Å². The van der Waals surface area contributed by atoms with E-state index in [-0.39, 0.29) is 17.6 Å². The summed E-state index contributed by atoms with van der Waals surface area (Å²) < 4.78 is 57.2. The number of rotatable bonds is 10. The molecule has 0 aliphatic carbocycles. The molecule has 22 aromatic carbocycles. The van der Waals surface area contributed by atoms with Gasteiger partial charge in [-0.15, -0.1) is 34.0 Å². The average Bonchev–Trinajstić information content (AvgIpc) is 1.54. The summed E-state index contributed by atoms with van der Waals surface area (Å²) in [4.78, 5) is 30.2. The van der Waals surface area contributed by atoms with Crippen LogP contribution < -0.4 is 0 Å². The van der Waals surface area contributed by atoms with Crippen LogP contribution in [0.5, 0.6) is 0 Å². The van der Waals surface area contributed by atoms with Crippen molar-refractivity contribution in [3.63, 3.8) is 0 Å². The van der Waals surface area contributed by atoms with Gasteiger partial charge in [0.15, 0.2) is 17.5 Å². The zero-order valence-corrected chi connectivity index (χ0v) is 79.4. The number of benzene rings is 22. The predicted octanol–water partition coefficient (Wildman–Crippen LogP) is 36.4. The minimum Gasteiger partial charge on any atom is -0.309 e. The quantitative estimate of drug-likeness (QED) is 0.135. The Hall–Kier alpha value is -18.3. The summed E-state index contributed by atoms with van der Waals surface area (Å²) in [5.74, 6) is 1.84. The molecule has 0 saturated carbocycles. The third-order valence-corrected chi connectivity index (χ3v) is 32.1. The fourth-order valence-electron chi connectivity index (χ4n) is 22.1. The van der Waals surface area contributed by atoms with E-state index >= 15 is 0 Å². The van der Waals surface area contributed by atoms with E-state index in [0.717, 1.165) is 94.9 Å². The predicted molar refractivity (Wildman–Crippen MR) is 611 cm³/mol. The maximum absolute atomic E-state index is 8.67. The van der Waals surface area contributed by atoms with Gasteiger partial charge in [0.05, 0.1) is 73.6 Å². The standard InChI is InChI=1S/C48H29N3S.2C42H25N3S/c1-2-12-30(13-3-1)31-22-24-32(25-23-31)45-37-16-6-9-19-40(37)49-48(50-45)33-26-28-34(29-27-33)51-41-20-10-7-17-38(41)43-44-39-18-8-11-21-42(39)52-47(44)36-15-5-4-14-35(36)46(43)51;2*1-2-12-26(13-3-1)39-31-16-6-9-19-34(31)43-42(44-39)27-22-24-28(25-23-27)45-35-20-10-7-17-32(35)37-38-33-18-8-11-21-36(33)46-41(38)30-15-5-4-14-29(30)40(37)45/h1-29H;2*1-25H/i;1D,2D,3D,12D,13D;. The fraction of sp³-hybridized carbons (Fsp3) is 0. The van der Waals surface area contributed by atoms with E-state index in [1.807, 2.05) is 94.7 Å². The smallest absolute Gasteiger partial charge is 0.160 e. The van der Waals surface area contributed by atoms with Gasteiger partial charge >= 0.3 is 0 Å². The minimum absolute atomic E-state index is 0.0573. The maximum Gasteiger partial charge on any atom is 0.160 e. The van der Waals surface area contributed by atoms with E-state index in [1.54, 1.807) is 0 Å². The van der Waals surface area contributed by atoms with Gasteiger partial charge in [-0.1, -0.05) is 352 Å². The number of aromatic nitrogens is 9. The monoisotopic (exact) mass is 1890 g/mol. The molecule has 0 radical (unpaired) electrons. The van der Waals surface area contributed by atoms with Crippen molar-refractivity contribution >= 4 is 225 Å². The lowest BCUT2D eigenvalue weighted by Crippen LogP contribution is -1.97. The molecule has 9 nitrogen and oxygen atoms in total. The normalized spacial score (nSPS) is 12.4. The summed E-state index contributed by atoms with van der Waals surface area (Å²) in [6, 6.07) is 156. The summed E-state index contributed by atoms with van der Waals surface area (Å²) >= 11 is 5.64. The van der Waals surface area contributed by atoms with Crippen molar-refractivity contribution in [1.29, 1.82) is 0 Å². The fourth-order valence-corrected chi connectivity index (χ4v) is 25.8. The molecule has 0 unspecified atom stereocenters. The molecule has 0 amide bonds. The van der Waals surface area contributed by atoms with Gasteiger partial charge in [0.25, 0.3) is 0 Å². The van der Waals surface area contributed by atoms with Crippen molar-refractivity contribution < 1.29 is 6.85 Å². The Labute approximate surface area is 844 Å². The van der Waals surface area contributed by atoms with Gasteiger partial charge < -0.3 is 13.7 Å². The zero-order valence-electron chi connectivity index (χ0n) is 82.0. The molecule has 0 atom stereocenters. The lowest BCUT2D eigenvalue weighted by atomic mass is 10.00. The average molecular weight is 1890 g/mol. The molecule has 0 spiro atoms. The first kappa shape index (κ1) is 77.6. The second-order valence-electron chi connectivity index (χ2n) is 36.5. The highest BCUT2D eigenvalue weighted by molar-refractivity contribution is 7.28. The van der Waals surface area contributed by atoms with Crippen LogP contribution in [0.4, 0.5) is 0 Å². The molecule has 670 valence electrons. The molecule has 0 bridgehead atoms. The largest absolute Gasteiger partial charge is 0.309 e. The van der Waals surface area contributed by atoms with Crippen LogP contribution in [-0.2, 0) is 0 Å². The first-order valence-electron chi connectivity index (χ1n) is 50.7. The number of hydrogen-bond acceptors (Lipinski definition) is 9. The van der Waals surface area contributed by atoms with Crippen LogP contribution in [0, 0.1) is 0 Å². The molecule has 0 aliphatic heterocycles. The molecule has 31 rings (SSSR count). The molecule has 144 heavy (non-hydrogen) atoms. The summed E-state index contributed by atoms with van der Waals surface area (Å²) in [7, 11) is 0. The van der Waals surface area contributed by atoms with E-state index in [9.17, 15) is 0 Å². The Kier molecular flexibility index (Phi) is 18.2. The molecule has 0 aliphatic rings. The van der Waals surface area contributed by atoms with E-state index in [1.165, 1.54) is 158 Å². The lowest BCUT2D eigenvalue weighted by molar-refractivity contribution is 1.18. The van der Waals surface area contributed by atoms with Crippen molar-refractivity contribution in [2.75, 3.05) is 0 Å². The Morgan fingerprint density at radius 2 is 0.417 bits per heavy atom. The van der Waals surface area contributed by atoms with Gasteiger partial charge in [0.2, 0.25) is 0 Å². The van der Waals surface area contributed by atoms with Crippen LogP contribution in [-0.4, -0.2) is 43.6 Å². The minimum atomic E-state index is -0.436. The van der Waals surface area contributed by atoms with Gasteiger partial charge in [-0.05, 0) is 139 Å². The van der Waals surface area contributed by atoms with E-state index in [2.05, 4.69) is 402 Å². The number of nitrogens with zero attached hydrogens (tertiary/aromatic N) is 9. The van der Waals surface area contributed by atoms with Crippen LogP contribution in [0.25, 0.3) is 287 Å². The highest BCUT2D eigenvalue weighted by Gasteiger charge is 2.28. The van der Waals surface area contributed by atoms with Gasteiger partial charge in [-0.2, -0.15) is 0 Å². The zero-order chi connectivity index (χ0) is 98.9. The van der Waals surface area contributed by atoms with Crippen molar-refractivity contribution in [1.82, 2.24) is 43.6 Å². The van der Waals surface area contributed by atoms with Crippen molar-refractivity contribution in [3.05, 3.63) is 479 Å². The highest BCUT2D eigenvalue weighted by Crippen LogP contribution is 2.53. The first-order chi connectivity index (χ1) is 73.5. The number of para-hydroxylation sites is 6. The maximum atomic E-state index is 8.67. The lowest BCUT2D eigenvalue weighted by Gasteiger charge is -2.13. The highest BCUT2D eigenvalue weighted by atomic mass is 32.1. The Balaban J connectivity index is 0.000000105. The molecular weight excluding hydrogens is 1810 g/mol. The third kappa shape index (κ3) is 13.3. The van der Waals surface area contributed by atoms with Crippen LogP contribution in [0.2, 0.25) is 0 Å². The van der Waals surface area contributed by atoms with Crippen LogP contribution in [0.1, 0.15) is 6.85 Å². The Morgan fingerprint density at radius 1 is 0.174 bits per heavy atom. The third-order valence-electron chi connectivity index (χ3n) is 28.5. The van der Waals surface area contributed by atoms with Crippen molar-refractivity contribution in [2.45, 2.75) is 0 Å². The van der Waals surface area contributed by atoms with Gasteiger partial charge in [0.1, 0.15) is 0 Å². The molecule has 31 aromatic rings. The second-order valence-corrected chi connectivity index (χ2v) is 39.6. The van der Waals surface area contributed by atoms with E-state index in [4.69, 9.17) is 36.8 Å². The number of fused-ring (bicyclic) bond motifs is 33. The summed E-state index contributed by atoms with van der Waals surface area (Å²) in [5, 5.41) is 25.7.